The van der Waals surface area contributed by atoms with Gasteiger partial charge in [0.05, 0.1) is 11.0 Å². The highest BCUT2D eigenvalue weighted by Gasteiger charge is 2.10. The smallest absolute Gasteiger partial charge is 0.201 e. The van der Waals surface area contributed by atoms with Crippen LogP contribution < -0.4 is 10.2 Å². The molecule has 1 aromatic heterocycles. The lowest BCUT2D eigenvalue weighted by molar-refractivity contribution is 0.858. The molecule has 1 saturated heterocycles. The second-order valence-corrected chi connectivity index (χ2v) is 6.95. The van der Waals surface area contributed by atoms with Crippen LogP contribution in [-0.2, 0) is 6.54 Å². The second kappa shape index (κ2) is 6.54. The summed E-state index contributed by atoms with van der Waals surface area (Å²) in [4.78, 5) is 10.3. The third-order valence-electron chi connectivity index (χ3n) is 4.16. The molecule has 0 amide bonds. The number of thioether (sulfide) groups is 1. The van der Waals surface area contributed by atoms with Gasteiger partial charge in [0.2, 0.25) is 5.95 Å². The molecule has 1 aliphatic heterocycles. The Morgan fingerprint density at radius 3 is 2.61 bits per heavy atom. The number of fused-ring (bicyclic) bond motifs is 1. The number of nitrogens with one attached hydrogen (secondary N) is 2. The number of para-hydroxylation sites is 2. The van der Waals surface area contributed by atoms with E-state index in [1.54, 1.807) is 0 Å². The first kappa shape index (κ1) is 14.5. The SMILES string of the molecule is c1ccc2[nH]c(NCc3ccc(N4CCSCC4)cc3)nc2c1. The number of anilines is 2. The molecule has 118 valence electrons. The minimum absolute atomic E-state index is 0.774. The molecule has 1 fully saturated rings. The number of benzene rings is 2. The maximum atomic E-state index is 4.54. The fourth-order valence-corrected chi connectivity index (χ4v) is 3.77. The predicted molar refractivity (Wildman–Crippen MR) is 99.4 cm³/mol. The molecule has 1 aliphatic rings. The van der Waals surface area contributed by atoms with Crippen LogP contribution >= 0.6 is 11.8 Å². The van der Waals surface area contributed by atoms with Crippen molar-refractivity contribution in [1.82, 2.24) is 9.97 Å². The van der Waals surface area contributed by atoms with Crippen molar-refractivity contribution in [3.8, 4) is 0 Å². The molecule has 3 aromatic rings. The van der Waals surface area contributed by atoms with E-state index in [1.807, 2.05) is 36.0 Å². The fraction of sp³-hybridized carbons (Fsp3) is 0.278. The zero-order valence-electron chi connectivity index (χ0n) is 13.0. The number of imidazole rings is 1. The first-order valence-corrected chi connectivity index (χ1v) is 9.14. The lowest BCUT2D eigenvalue weighted by Crippen LogP contribution is -2.32. The van der Waals surface area contributed by atoms with Crippen molar-refractivity contribution in [1.29, 1.82) is 0 Å². The van der Waals surface area contributed by atoms with Crippen LogP contribution in [-0.4, -0.2) is 34.6 Å². The van der Waals surface area contributed by atoms with Crippen molar-refractivity contribution in [2.45, 2.75) is 6.54 Å². The summed E-state index contributed by atoms with van der Waals surface area (Å²) in [5, 5.41) is 3.37. The summed E-state index contributed by atoms with van der Waals surface area (Å²) in [5.41, 5.74) is 4.65. The lowest BCUT2D eigenvalue weighted by Gasteiger charge is -2.28. The lowest BCUT2D eigenvalue weighted by atomic mass is 10.2. The molecule has 2 heterocycles. The second-order valence-electron chi connectivity index (χ2n) is 5.72. The van der Waals surface area contributed by atoms with Crippen LogP contribution in [0.4, 0.5) is 11.6 Å². The summed E-state index contributed by atoms with van der Waals surface area (Å²) in [7, 11) is 0. The van der Waals surface area contributed by atoms with Gasteiger partial charge < -0.3 is 15.2 Å². The number of aromatic amines is 1. The minimum Gasteiger partial charge on any atom is -0.370 e. The minimum atomic E-state index is 0.774. The third kappa shape index (κ3) is 3.29. The van der Waals surface area contributed by atoms with Gasteiger partial charge in [0.1, 0.15) is 0 Å². The number of rotatable bonds is 4. The number of hydrogen-bond donors (Lipinski definition) is 2. The first-order chi connectivity index (χ1) is 11.4. The van der Waals surface area contributed by atoms with Gasteiger partial charge in [0.25, 0.3) is 0 Å². The third-order valence-corrected chi connectivity index (χ3v) is 5.10. The number of H-pyrrole nitrogens is 1. The topological polar surface area (TPSA) is 44.0 Å². The van der Waals surface area contributed by atoms with Crippen LogP contribution in [0.5, 0.6) is 0 Å². The van der Waals surface area contributed by atoms with Crippen LogP contribution in [0.25, 0.3) is 11.0 Å². The van der Waals surface area contributed by atoms with Gasteiger partial charge in [-0.15, -0.1) is 0 Å². The molecule has 0 atom stereocenters. The maximum absolute atomic E-state index is 4.54. The van der Waals surface area contributed by atoms with Gasteiger partial charge in [-0.05, 0) is 29.8 Å². The quantitative estimate of drug-likeness (QED) is 0.767. The molecule has 0 radical (unpaired) electrons. The maximum Gasteiger partial charge on any atom is 0.201 e. The van der Waals surface area contributed by atoms with E-state index in [9.17, 15) is 0 Å². The molecule has 4 rings (SSSR count). The van der Waals surface area contributed by atoms with Crippen LogP contribution in [0.1, 0.15) is 5.56 Å². The van der Waals surface area contributed by atoms with E-state index < -0.39 is 0 Å². The van der Waals surface area contributed by atoms with E-state index in [2.05, 4.69) is 44.5 Å². The van der Waals surface area contributed by atoms with Crippen molar-refractivity contribution in [3.05, 3.63) is 54.1 Å². The molecule has 2 N–H and O–H groups in total. The molecular weight excluding hydrogens is 304 g/mol. The van der Waals surface area contributed by atoms with E-state index in [-0.39, 0.29) is 0 Å². The van der Waals surface area contributed by atoms with Crippen molar-refractivity contribution >= 4 is 34.4 Å². The summed E-state index contributed by atoms with van der Waals surface area (Å²) < 4.78 is 0. The molecule has 0 unspecified atom stereocenters. The molecule has 0 bridgehead atoms. The van der Waals surface area contributed by atoms with Gasteiger partial charge >= 0.3 is 0 Å². The molecule has 23 heavy (non-hydrogen) atoms. The molecule has 0 aliphatic carbocycles. The van der Waals surface area contributed by atoms with Crippen molar-refractivity contribution in [2.24, 2.45) is 0 Å². The van der Waals surface area contributed by atoms with Crippen molar-refractivity contribution in [2.75, 3.05) is 34.8 Å². The average Bonchev–Trinajstić information content (AvgIpc) is 3.04. The summed E-state index contributed by atoms with van der Waals surface area (Å²) in [6.07, 6.45) is 0. The van der Waals surface area contributed by atoms with Gasteiger partial charge in [0, 0.05) is 36.8 Å². The summed E-state index contributed by atoms with van der Waals surface area (Å²) in [5.74, 6) is 3.29. The Kier molecular flexibility index (Phi) is 4.11. The summed E-state index contributed by atoms with van der Waals surface area (Å²) in [6, 6.07) is 16.9. The van der Waals surface area contributed by atoms with Crippen molar-refractivity contribution < 1.29 is 0 Å². The van der Waals surface area contributed by atoms with E-state index in [1.165, 1.54) is 22.8 Å². The Morgan fingerprint density at radius 2 is 1.83 bits per heavy atom. The highest BCUT2D eigenvalue weighted by molar-refractivity contribution is 7.99. The van der Waals surface area contributed by atoms with E-state index in [4.69, 9.17) is 0 Å². The average molecular weight is 324 g/mol. The Morgan fingerprint density at radius 1 is 1.04 bits per heavy atom. The van der Waals surface area contributed by atoms with Crippen molar-refractivity contribution in [3.63, 3.8) is 0 Å². The Bertz CT molecular complexity index is 742. The van der Waals surface area contributed by atoms with Crippen LogP contribution in [0.3, 0.4) is 0 Å². The monoisotopic (exact) mass is 324 g/mol. The molecule has 4 nitrogen and oxygen atoms in total. The Balaban J connectivity index is 1.40. The predicted octanol–water partition coefficient (Wildman–Crippen LogP) is 3.73. The highest BCUT2D eigenvalue weighted by Crippen LogP contribution is 2.20. The zero-order valence-corrected chi connectivity index (χ0v) is 13.8. The largest absolute Gasteiger partial charge is 0.370 e. The van der Waals surface area contributed by atoms with E-state index in [0.717, 1.165) is 36.6 Å². The normalized spacial score (nSPS) is 15.0. The molecular formula is C18H20N4S. The van der Waals surface area contributed by atoms with Gasteiger partial charge in [-0.3, -0.25) is 0 Å². The summed E-state index contributed by atoms with van der Waals surface area (Å²) >= 11 is 2.04. The molecule has 2 aromatic carbocycles. The first-order valence-electron chi connectivity index (χ1n) is 7.99. The zero-order chi connectivity index (χ0) is 15.5. The van der Waals surface area contributed by atoms with Crippen LogP contribution in [0.15, 0.2) is 48.5 Å². The van der Waals surface area contributed by atoms with Crippen LogP contribution in [0, 0.1) is 0 Å². The molecule has 0 spiro atoms. The fourth-order valence-electron chi connectivity index (χ4n) is 2.87. The Labute approximate surface area is 140 Å². The van der Waals surface area contributed by atoms with Gasteiger partial charge in [0.15, 0.2) is 0 Å². The number of nitrogens with zero attached hydrogens (tertiary/aromatic N) is 2. The van der Waals surface area contributed by atoms with Gasteiger partial charge in [-0.2, -0.15) is 11.8 Å². The van der Waals surface area contributed by atoms with E-state index in [0.29, 0.717) is 0 Å². The number of hydrogen-bond acceptors (Lipinski definition) is 4. The van der Waals surface area contributed by atoms with Gasteiger partial charge in [-0.25, -0.2) is 4.98 Å². The molecule has 5 heteroatoms. The number of aromatic nitrogens is 2. The Hall–Kier alpha value is -2.14. The highest BCUT2D eigenvalue weighted by atomic mass is 32.2. The van der Waals surface area contributed by atoms with Gasteiger partial charge in [-0.1, -0.05) is 24.3 Å². The summed E-state index contributed by atoms with van der Waals surface area (Å²) in [6.45, 7) is 3.08. The van der Waals surface area contributed by atoms with E-state index >= 15 is 0 Å². The standard InChI is InChI=1S/C18H20N4S/c1-2-4-17-16(3-1)20-18(21-17)19-13-14-5-7-15(8-6-14)22-9-11-23-12-10-22/h1-8H,9-13H2,(H2,19,20,21). The molecule has 0 saturated carbocycles. The van der Waals surface area contributed by atoms with Crippen LogP contribution in [0.2, 0.25) is 0 Å².